The maximum atomic E-state index is 4.24. The lowest BCUT2D eigenvalue weighted by Crippen LogP contribution is -1.91. The normalized spacial score (nSPS) is 12.5. The Balaban J connectivity index is 2.02. The van der Waals surface area contributed by atoms with E-state index in [0.717, 1.165) is 17.3 Å². The van der Waals surface area contributed by atoms with Gasteiger partial charge in [0.1, 0.15) is 5.82 Å². The van der Waals surface area contributed by atoms with E-state index in [2.05, 4.69) is 9.97 Å². The number of aromatic nitrogens is 2. The van der Waals surface area contributed by atoms with Crippen LogP contribution in [0, 0.1) is 0 Å². The molecule has 2 aromatic heterocycles. The maximum absolute atomic E-state index is 4.24. The third-order valence-corrected chi connectivity index (χ3v) is 2.05. The van der Waals surface area contributed by atoms with Gasteiger partial charge in [-0.1, -0.05) is 6.07 Å². The Bertz CT molecular complexity index is 416. The molecular formula is C10H7N3. The van der Waals surface area contributed by atoms with Crippen molar-refractivity contribution in [1.29, 1.82) is 0 Å². The van der Waals surface area contributed by atoms with Gasteiger partial charge in [-0.2, -0.15) is 0 Å². The largest absolute Gasteiger partial charge is 0.273 e. The summed E-state index contributed by atoms with van der Waals surface area (Å²) in [5, 5.41) is 0. The molecule has 1 aliphatic rings. The van der Waals surface area contributed by atoms with Crippen molar-refractivity contribution in [2.45, 2.75) is 0 Å². The number of anilines is 3. The highest BCUT2D eigenvalue weighted by atomic mass is 15.4. The molecule has 0 aromatic carbocycles. The molecule has 62 valence electrons. The lowest BCUT2D eigenvalue weighted by atomic mass is 10.4. The van der Waals surface area contributed by atoms with Crippen LogP contribution in [0.4, 0.5) is 17.3 Å². The molecule has 3 nitrogen and oxygen atoms in total. The molecule has 0 radical (unpaired) electrons. The Morgan fingerprint density at radius 3 is 2.54 bits per heavy atom. The molecule has 0 saturated heterocycles. The minimum atomic E-state index is 0.941. The Labute approximate surface area is 75.7 Å². The lowest BCUT2D eigenvalue weighted by Gasteiger charge is -1.98. The van der Waals surface area contributed by atoms with Crippen molar-refractivity contribution in [3.63, 3.8) is 0 Å². The molecule has 0 atom stereocenters. The van der Waals surface area contributed by atoms with Crippen LogP contribution in [-0.2, 0) is 0 Å². The molecule has 3 heterocycles. The lowest BCUT2D eigenvalue weighted by molar-refractivity contribution is 1.25. The number of hydrogen-bond donors (Lipinski definition) is 0. The monoisotopic (exact) mass is 169 g/mol. The Hall–Kier alpha value is -1.90. The number of nitrogens with zero attached hydrogens (tertiary/aromatic N) is 3. The van der Waals surface area contributed by atoms with Crippen molar-refractivity contribution in [1.82, 2.24) is 9.97 Å². The average molecular weight is 169 g/mol. The van der Waals surface area contributed by atoms with E-state index in [0.29, 0.717) is 0 Å². The topological polar surface area (TPSA) is 28.8 Å². The number of pyridine rings is 2. The number of fused-ring (bicyclic) bond motifs is 1. The van der Waals surface area contributed by atoms with Crippen molar-refractivity contribution in [3.05, 3.63) is 42.7 Å². The van der Waals surface area contributed by atoms with Gasteiger partial charge in [0, 0.05) is 12.4 Å². The number of hydrogen-bond acceptors (Lipinski definition) is 3. The second-order valence-electron chi connectivity index (χ2n) is 2.87. The van der Waals surface area contributed by atoms with Gasteiger partial charge >= 0.3 is 0 Å². The van der Waals surface area contributed by atoms with Crippen LogP contribution < -0.4 is 4.90 Å². The van der Waals surface area contributed by atoms with E-state index in [1.54, 1.807) is 12.4 Å². The molecule has 0 spiro atoms. The predicted molar refractivity (Wildman–Crippen MR) is 50.3 cm³/mol. The highest BCUT2D eigenvalue weighted by Gasteiger charge is 2.32. The molecule has 0 fully saturated rings. The minimum Gasteiger partial charge on any atom is -0.273 e. The molecule has 0 N–H and O–H groups in total. The van der Waals surface area contributed by atoms with E-state index < -0.39 is 0 Å². The Morgan fingerprint density at radius 1 is 0.923 bits per heavy atom. The van der Waals surface area contributed by atoms with Gasteiger partial charge in [0.2, 0.25) is 0 Å². The summed E-state index contributed by atoms with van der Waals surface area (Å²) in [6.45, 7) is 0. The highest BCUT2D eigenvalue weighted by molar-refractivity contribution is 5.96. The molecule has 0 saturated carbocycles. The van der Waals surface area contributed by atoms with E-state index in [9.17, 15) is 0 Å². The van der Waals surface area contributed by atoms with Gasteiger partial charge in [-0.15, -0.1) is 0 Å². The molecule has 0 amide bonds. The van der Waals surface area contributed by atoms with Gasteiger partial charge in [0.05, 0.1) is 5.69 Å². The summed E-state index contributed by atoms with van der Waals surface area (Å²) in [4.78, 5) is 10.5. The van der Waals surface area contributed by atoms with Crippen LogP contribution >= 0.6 is 0 Å². The summed E-state index contributed by atoms with van der Waals surface area (Å²) in [6.07, 6.45) is 3.58. The van der Waals surface area contributed by atoms with Gasteiger partial charge in [-0.05, 0) is 24.3 Å². The molecule has 1 aliphatic heterocycles. The zero-order chi connectivity index (χ0) is 8.67. The zero-order valence-electron chi connectivity index (χ0n) is 6.88. The number of rotatable bonds is 1. The fourth-order valence-corrected chi connectivity index (χ4v) is 1.41. The standard InChI is InChI=1S/C10H7N3/c1-2-6-11-9(5-1)13-8-4-3-7-12-10(8)13/h1-7H. The van der Waals surface area contributed by atoms with E-state index in [1.165, 1.54) is 0 Å². The smallest absolute Gasteiger partial charge is 0.163 e. The summed E-state index contributed by atoms with van der Waals surface area (Å²) in [5.74, 6) is 1.96. The zero-order valence-corrected chi connectivity index (χ0v) is 6.88. The van der Waals surface area contributed by atoms with E-state index >= 15 is 0 Å². The van der Waals surface area contributed by atoms with E-state index in [4.69, 9.17) is 0 Å². The van der Waals surface area contributed by atoms with Crippen molar-refractivity contribution in [3.8, 4) is 0 Å². The van der Waals surface area contributed by atoms with Crippen LogP contribution in [0.25, 0.3) is 0 Å². The molecule has 0 aliphatic carbocycles. The fraction of sp³-hybridized carbons (Fsp3) is 0. The second-order valence-corrected chi connectivity index (χ2v) is 2.87. The summed E-state index contributed by atoms with van der Waals surface area (Å²) in [7, 11) is 0. The van der Waals surface area contributed by atoms with Crippen LogP contribution in [0.3, 0.4) is 0 Å². The highest BCUT2D eigenvalue weighted by Crippen LogP contribution is 2.50. The molecular weight excluding hydrogens is 162 g/mol. The Kier molecular flexibility index (Phi) is 1.16. The van der Waals surface area contributed by atoms with Gasteiger partial charge < -0.3 is 0 Å². The molecule has 3 rings (SSSR count). The van der Waals surface area contributed by atoms with Crippen molar-refractivity contribution >= 4 is 17.3 Å². The first-order chi connectivity index (χ1) is 6.47. The van der Waals surface area contributed by atoms with Crippen LogP contribution in [0.2, 0.25) is 0 Å². The maximum Gasteiger partial charge on any atom is 0.163 e. The van der Waals surface area contributed by atoms with Gasteiger partial charge in [-0.3, -0.25) is 4.90 Å². The summed E-state index contributed by atoms with van der Waals surface area (Å²) in [5.41, 5.74) is 1.15. The first kappa shape index (κ1) is 6.60. The third kappa shape index (κ3) is 0.902. The minimum absolute atomic E-state index is 0.941. The summed E-state index contributed by atoms with van der Waals surface area (Å²) < 4.78 is 0. The van der Waals surface area contributed by atoms with Crippen LogP contribution in [0.15, 0.2) is 42.7 Å². The third-order valence-electron chi connectivity index (χ3n) is 2.05. The fourth-order valence-electron chi connectivity index (χ4n) is 1.41. The van der Waals surface area contributed by atoms with E-state index in [1.807, 2.05) is 35.2 Å². The Morgan fingerprint density at radius 2 is 1.85 bits per heavy atom. The molecule has 3 heteroatoms. The predicted octanol–water partition coefficient (Wildman–Crippen LogP) is 2.26. The SMILES string of the molecule is c1ccc(N2c3cccnc32)nc1. The van der Waals surface area contributed by atoms with Gasteiger partial charge in [-0.25, -0.2) is 9.97 Å². The van der Waals surface area contributed by atoms with Crippen molar-refractivity contribution < 1.29 is 0 Å². The first-order valence-electron chi connectivity index (χ1n) is 4.13. The van der Waals surface area contributed by atoms with Crippen molar-refractivity contribution in [2.75, 3.05) is 4.90 Å². The molecule has 13 heavy (non-hydrogen) atoms. The van der Waals surface area contributed by atoms with E-state index in [-0.39, 0.29) is 0 Å². The van der Waals surface area contributed by atoms with Crippen LogP contribution in [0.5, 0.6) is 0 Å². The van der Waals surface area contributed by atoms with Gasteiger partial charge in [0.25, 0.3) is 0 Å². The van der Waals surface area contributed by atoms with Crippen LogP contribution in [-0.4, -0.2) is 9.97 Å². The molecule has 0 bridgehead atoms. The molecule has 0 unspecified atom stereocenters. The quantitative estimate of drug-likeness (QED) is 0.523. The average Bonchev–Trinajstić information content (AvgIpc) is 2.93. The van der Waals surface area contributed by atoms with Gasteiger partial charge in [0.15, 0.2) is 5.82 Å². The first-order valence-corrected chi connectivity index (χ1v) is 4.13. The summed E-state index contributed by atoms with van der Waals surface area (Å²) >= 11 is 0. The summed E-state index contributed by atoms with van der Waals surface area (Å²) in [6, 6.07) is 9.83. The van der Waals surface area contributed by atoms with Crippen molar-refractivity contribution in [2.24, 2.45) is 0 Å². The van der Waals surface area contributed by atoms with Crippen LogP contribution in [0.1, 0.15) is 0 Å². The molecule has 2 aromatic rings. The second kappa shape index (κ2) is 2.29.